The molecule has 0 atom stereocenters. The van der Waals surface area contributed by atoms with Gasteiger partial charge in [-0.15, -0.1) is 0 Å². The maximum Gasteiger partial charge on any atom is 0.410 e. The third-order valence-corrected chi connectivity index (χ3v) is 5.41. The zero-order chi connectivity index (χ0) is 21.2. The van der Waals surface area contributed by atoms with Crippen molar-refractivity contribution in [2.75, 3.05) is 19.7 Å². The number of carbonyl (C=O) groups is 1. The van der Waals surface area contributed by atoms with Crippen molar-refractivity contribution in [2.45, 2.75) is 19.9 Å². The highest BCUT2D eigenvalue weighted by atomic mass is 16.6. The Morgan fingerprint density at radius 2 is 2.13 bits per heavy atom. The predicted octanol–water partition coefficient (Wildman–Crippen LogP) is 3.67. The van der Waals surface area contributed by atoms with E-state index in [1.807, 2.05) is 29.7 Å². The molecule has 4 heterocycles. The van der Waals surface area contributed by atoms with E-state index >= 15 is 0 Å². The minimum Gasteiger partial charge on any atom is -0.450 e. The lowest BCUT2D eigenvalue weighted by atomic mass is 10.1. The van der Waals surface area contributed by atoms with Gasteiger partial charge in [-0.3, -0.25) is 4.98 Å². The van der Waals surface area contributed by atoms with Gasteiger partial charge in [0.05, 0.1) is 36.9 Å². The van der Waals surface area contributed by atoms with Crippen molar-refractivity contribution in [3.8, 4) is 0 Å². The summed E-state index contributed by atoms with van der Waals surface area (Å²) >= 11 is 0. The molecule has 8 nitrogen and oxygen atoms in total. The van der Waals surface area contributed by atoms with E-state index in [-0.39, 0.29) is 6.09 Å². The van der Waals surface area contributed by atoms with E-state index in [1.54, 1.807) is 23.6 Å². The van der Waals surface area contributed by atoms with Gasteiger partial charge in [0.2, 0.25) is 0 Å². The van der Waals surface area contributed by atoms with E-state index in [2.05, 4.69) is 33.2 Å². The predicted molar refractivity (Wildman–Crippen MR) is 117 cm³/mol. The van der Waals surface area contributed by atoms with Crippen molar-refractivity contribution >= 4 is 33.9 Å². The zero-order valence-corrected chi connectivity index (χ0v) is 17.2. The van der Waals surface area contributed by atoms with Gasteiger partial charge in [-0.25, -0.2) is 19.7 Å². The summed E-state index contributed by atoms with van der Waals surface area (Å²) in [5, 5.41) is 1.11. The van der Waals surface area contributed by atoms with Crippen LogP contribution < -0.4 is 0 Å². The normalized spacial score (nSPS) is 14.1. The van der Waals surface area contributed by atoms with Crippen molar-refractivity contribution in [1.29, 1.82) is 0 Å². The fourth-order valence-corrected chi connectivity index (χ4v) is 3.81. The number of rotatable bonds is 4. The van der Waals surface area contributed by atoms with Crippen molar-refractivity contribution in [1.82, 2.24) is 29.4 Å². The number of imidazole rings is 1. The van der Waals surface area contributed by atoms with Gasteiger partial charge in [-0.05, 0) is 42.7 Å². The molecule has 1 amide bonds. The van der Waals surface area contributed by atoms with Gasteiger partial charge in [-0.1, -0.05) is 18.2 Å². The van der Waals surface area contributed by atoms with Crippen LogP contribution >= 0.6 is 0 Å². The quantitative estimate of drug-likeness (QED) is 0.506. The van der Waals surface area contributed by atoms with Crippen LogP contribution in [0.5, 0.6) is 0 Å². The first-order valence-corrected chi connectivity index (χ1v) is 10.3. The van der Waals surface area contributed by atoms with Gasteiger partial charge >= 0.3 is 6.09 Å². The Balaban J connectivity index is 1.40. The molecule has 0 aliphatic carbocycles. The monoisotopic (exact) mass is 414 g/mol. The fraction of sp³-hybridized carbons (Fsp3) is 0.261. The number of fused-ring (bicyclic) bond motifs is 2. The molecule has 156 valence electrons. The summed E-state index contributed by atoms with van der Waals surface area (Å²) in [6.45, 7) is 3.96. The molecule has 0 radical (unpaired) electrons. The molecule has 31 heavy (non-hydrogen) atoms. The molecular weight excluding hydrogens is 392 g/mol. The number of hydrogen-bond donors (Lipinski definition) is 0. The summed E-state index contributed by atoms with van der Waals surface area (Å²) < 4.78 is 7.09. The number of aromatic nitrogens is 5. The van der Waals surface area contributed by atoms with Crippen LogP contribution in [0.15, 0.2) is 55.1 Å². The molecule has 0 N–H and O–H groups in total. The van der Waals surface area contributed by atoms with E-state index in [4.69, 9.17) is 9.72 Å². The van der Waals surface area contributed by atoms with Crippen LogP contribution in [0.25, 0.3) is 27.8 Å². The van der Waals surface area contributed by atoms with Crippen LogP contribution in [-0.2, 0) is 11.3 Å². The first kappa shape index (κ1) is 19.2. The van der Waals surface area contributed by atoms with Gasteiger partial charge in [0, 0.05) is 24.7 Å². The van der Waals surface area contributed by atoms with Gasteiger partial charge in [0.15, 0.2) is 11.3 Å². The van der Waals surface area contributed by atoms with E-state index in [0.29, 0.717) is 38.3 Å². The zero-order valence-electron chi connectivity index (χ0n) is 17.2. The summed E-state index contributed by atoms with van der Waals surface area (Å²) in [6, 6.07) is 10.2. The molecule has 0 saturated carbocycles. The molecule has 1 aliphatic rings. The number of benzene rings is 1. The lowest BCUT2D eigenvalue weighted by Crippen LogP contribution is -2.35. The van der Waals surface area contributed by atoms with Gasteiger partial charge < -0.3 is 14.2 Å². The summed E-state index contributed by atoms with van der Waals surface area (Å²) in [5.74, 6) is 0. The van der Waals surface area contributed by atoms with Crippen LogP contribution in [-0.4, -0.2) is 55.2 Å². The lowest BCUT2D eigenvalue weighted by molar-refractivity contribution is 0.111. The maximum absolute atomic E-state index is 11.9. The highest BCUT2D eigenvalue weighted by molar-refractivity contribution is 5.79. The number of hydrogen-bond acceptors (Lipinski definition) is 6. The summed E-state index contributed by atoms with van der Waals surface area (Å²) in [6.07, 6.45) is 7.79. The lowest BCUT2D eigenvalue weighted by Gasteiger charge is -2.25. The molecule has 0 fully saturated rings. The van der Waals surface area contributed by atoms with Crippen molar-refractivity contribution < 1.29 is 9.53 Å². The first-order chi connectivity index (χ1) is 15.2. The van der Waals surface area contributed by atoms with E-state index in [0.717, 1.165) is 33.4 Å². The standard InChI is InChI=1S/C23H22N6O2/c1-2-31-23(30)28-10-7-17(8-11-28)20-13-25-21-22(27-20)29(15-26-21)14-16-5-6-19-18(12-16)4-3-9-24-19/h3-7,9,12-13,15H,2,8,10-11,14H2,1H3. The Morgan fingerprint density at radius 1 is 1.19 bits per heavy atom. The van der Waals surface area contributed by atoms with Crippen molar-refractivity contribution in [3.63, 3.8) is 0 Å². The van der Waals surface area contributed by atoms with Crippen LogP contribution in [0, 0.1) is 0 Å². The molecule has 0 unspecified atom stereocenters. The third kappa shape index (κ3) is 3.84. The number of ether oxygens (including phenoxy) is 1. The molecule has 1 aliphatic heterocycles. The molecule has 4 aromatic rings. The third-order valence-electron chi connectivity index (χ3n) is 5.41. The Morgan fingerprint density at radius 3 is 2.97 bits per heavy atom. The second kappa shape index (κ2) is 8.14. The number of amides is 1. The first-order valence-electron chi connectivity index (χ1n) is 10.3. The topological polar surface area (TPSA) is 86.0 Å². The van der Waals surface area contributed by atoms with Gasteiger partial charge in [0.25, 0.3) is 0 Å². The fourth-order valence-electron chi connectivity index (χ4n) is 3.81. The average molecular weight is 414 g/mol. The van der Waals surface area contributed by atoms with Crippen LogP contribution in [0.2, 0.25) is 0 Å². The highest BCUT2D eigenvalue weighted by Gasteiger charge is 2.20. The van der Waals surface area contributed by atoms with Crippen molar-refractivity contribution in [3.05, 3.63) is 66.4 Å². The summed E-state index contributed by atoms with van der Waals surface area (Å²) in [7, 11) is 0. The van der Waals surface area contributed by atoms with E-state index in [1.165, 1.54) is 0 Å². The largest absolute Gasteiger partial charge is 0.450 e. The average Bonchev–Trinajstić information content (AvgIpc) is 3.21. The Bertz CT molecular complexity index is 1300. The molecule has 0 saturated heterocycles. The second-order valence-corrected chi connectivity index (χ2v) is 7.43. The summed E-state index contributed by atoms with van der Waals surface area (Å²) in [4.78, 5) is 31.7. The SMILES string of the molecule is CCOC(=O)N1CC=C(c2cnc3ncn(Cc4ccc5ncccc5c4)c3n2)CC1. The number of nitrogens with zero attached hydrogens (tertiary/aromatic N) is 6. The van der Waals surface area contributed by atoms with Crippen LogP contribution in [0.3, 0.4) is 0 Å². The Kier molecular flexibility index (Phi) is 5.03. The number of carbonyl (C=O) groups excluding carboxylic acids is 1. The summed E-state index contributed by atoms with van der Waals surface area (Å²) in [5.41, 5.74) is 5.40. The smallest absolute Gasteiger partial charge is 0.410 e. The minimum absolute atomic E-state index is 0.275. The minimum atomic E-state index is -0.275. The molecule has 0 bridgehead atoms. The molecule has 3 aromatic heterocycles. The van der Waals surface area contributed by atoms with Crippen molar-refractivity contribution in [2.24, 2.45) is 0 Å². The second-order valence-electron chi connectivity index (χ2n) is 7.43. The molecule has 0 spiro atoms. The van der Waals surface area contributed by atoms with Crippen LogP contribution in [0.1, 0.15) is 24.6 Å². The highest BCUT2D eigenvalue weighted by Crippen LogP contribution is 2.23. The van der Waals surface area contributed by atoms with Crippen LogP contribution in [0.4, 0.5) is 4.79 Å². The Labute approximate surface area is 179 Å². The molecule has 1 aromatic carbocycles. The molecular formula is C23H22N6O2. The van der Waals surface area contributed by atoms with E-state index < -0.39 is 0 Å². The maximum atomic E-state index is 11.9. The molecule has 8 heteroatoms. The Hall–Kier alpha value is -3.81. The van der Waals surface area contributed by atoms with Gasteiger partial charge in [0.1, 0.15) is 0 Å². The molecule has 5 rings (SSSR count). The van der Waals surface area contributed by atoms with E-state index in [9.17, 15) is 4.79 Å². The van der Waals surface area contributed by atoms with Gasteiger partial charge in [-0.2, -0.15) is 0 Å². The number of pyridine rings is 1.